The summed E-state index contributed by atoms with van der Waals surface area (Å²) in [5, 5.41) is 0. The van der Waals surface area contributed by atoms with Crippen LogP contribution in [0.2, 0.25) is 0 Å². The van der Waals surface area contributed by atoms with E-state index >= 15 is 0 Å². The van der Waals surface area contributed by atoms with Gasteiger partial charge in [-0.3, -0.25) is 4.79 Å². The van der Waals surface area contributed by atoms with Crippen molar-refractivity contribution in [2.24, 2.45) is 5.92 Å². The van der Waals surface area contributed by atoms with Gasteiger partial charge in [0.05, 0.1) is 12.2 Å². The second-order valence-electron chi connectivity index (χ2n) is 7.50. The zero-order valence-electron chi connectivity index (χ0n) is 15.0. The van der Waals surface area contributed by atoms with Gasteiger partial charge in [0.2, 0.25) is 0 Å². The van der Waals surface area contributed by atoms with Crippen LogP contribution >= 0.6 is 0 Å². The summed E-state index contributed by atoms with van der Waals surface area (Å²) in [6.07, 6.45) is -2.26. The summed E-state index contributed by atoms with van der Waals surface area (Å²) >= 11 is 0. The molecule has 0 aromatic heterocycles. The Hall–Kier alpha value is -2.38. The summed E-state index contributed by atoms with van der Waals surface area (Å²) in [4.78, 5) is 27.1. The first-order valence-corrected chi connectivity index (χ1v) is 8.51. The Morgan fingerprint density at radius 3 is 2.65 bits per heavy atom. The molecule has 2 aliphatic rings. The molecule has 0 radical (unpaired) electrons. The number of rotatable bonds is 2. The van der Waals surface area contributed by atoms with Crippen LogP contribution in [0.15, 0.2) is 18.2 Å². The number of alkyl halides is 1. The number of carbonyl (C=O) groups excluding carboxylic acids is 2. The predicted octanol–water partition coefficient (Wildman–Crippen LogP) is 2.76. The number of halogens is 2. The molecule has 6 nitrogen and oxygen atoms in total. The average molecular weight is 368 g/mol. The fourth-order valence-corrected chi connectivity index (χ4v) is 2.95. The molecule has 142 valence electrons. The highest BCUT2D eigenvalue weighted by Crippen LogP contribution is 2.34. The van der Waals surface area contributed by atoms with Crippen LogP contribution in [-0.2, 0) is 9.53 Å². The smallest absolute Gasteiger partial charge is 0.410 e. The molecule has 0 bridgehead atoms. The van der Waals surface area contributed by atoms with E-state index < -0.39 is 35.5 Å². The van der Waals surface area contributed by atoms with Crippen molar-refractivity contribution in [2.75, 3.05) is 31.1 Å². The fraction of sp³-hybridized carbons (Fsp3) is 0.556. The minimum absolute atomic E-state index is 0.127. The Kier molecular flexibility index (Phi) is 4.77. The number of hydrogen-bond acceptors (Lipinski definition) is 4. The van der Waals surface area contributed by atoms with Crippen LogP contribution in [0.25, 0.3) is 0 Å². The maximum atomic E-state index is 14.7. The van der Waals surface area contributed by atoms with Crippen molar-refractivity contribution in [1.82, 2.24) is 4.90 Å². The highest BCUT2D eigenvalue weighted by molar-refractivity contribution is 5.98. The van der Waals surface area contributed by atoms with Gasteiger partial charge >= 0.3 is 6.09 Å². The third kappa shape index (κ3) is 3.73. The van der Waals surface area contributed by atoms with E-state index in [4.69, 9.17) is 9.47 Å². The second-order valence-corrected chi connectivity index (χ2v) is 7.50. The van der Waals surface area contributed by atoms with E-state index in [1.54, 1.807) is 20.8 Å². The Bertz CT molecular complexity index is 714. The van der Waals surface area contributed by atoms with Crippen LogP contribution < -0.4 is 9.64 Å². The van der Waals surface area contributed by atoms with Gasteiger partial charge < -0.3 is 19.3 Å². The maximum Gasteiger partial charge on any atom is 0.410 e. The minimum Gasteiger partial charge on any atom is -0.489 e. The zero-order valence-corrected chi connectivity index (χ0v) is 15.0. The predicted molar refractivity (Wildman–Crippen MR) is 90.4 cm³/mol. The van der Waals surface area contributed by atoms with Crippen molar-refractivity contribution in [1.29, 1.82) is 0 Å². The van der Waals surface area contributed by atoms with Crippen LogP contribution in [0.3, 0.4) is 0 Å². The first-order valence-electron chi connectivity index (χ1n) is 8.51. The first-order chi connectivity index (χ1) is 12.2. The number of ether oxygens (including phenoxy) is 2. The number of likely N-dealkylation sites (tertiary alicyclic amines) is 1. The monoisotopic (exact) mass is 368 g/mol. The Morgan fingerprint density at radius 1 is 1.31 bits per heavy atom. The third-order valence-electron chi connectivity index (χ3n) is 4.26. The molecule has 8 heteroatoms. The highest BCUT2D eigenvalue weighted by atomic mass is 19.1. The molecule has 1 fully saturated rings. The van der Waals surface area contributed by atoms with E-state index in [0.29, 0.717) is 5.69 Å². The molecule has 0 aliphatic carbocycles. The Morgan fingerprint density at radius 2 is 2.00 bits per heavy atom. The standard InChI is InChI=1S/C18H22F2N2O4/c1-18(2,3)26-17(24)21-9-11(10-21)15(20)16(23)22-6-7-25-14-8-12(19)4-5-13(14)22/h4-5,8,11,15H,6-7,9-10H2,1-3H3. The lowest BCUT2D eigenvalue weighted by Gasteiger charge is -2.41. The topological polar surface area (TPSA) is 59.1 Å². The lowest BCUT2D eigenvalue weighted by atomic mass is 9.94. The van der Waals surface area contributed by atoms with E-state index in [9.17, 15) is 18.4 Å². The summed E-state index contributed by atoms with van der Waals surface area (Å²) in [7, 11) is 0. The van der Waals surface area contributed by atoms with Gasteiger partial charge in [-0.05, 0) is 32.9 Å². The Balaban J connectivity index is 1.61. The molecule has 0 N–H and O–H groups in total. The van der Waals surface area contributed by atoms with Crippen molar-refractivity contribution in [2.45, 2.75) is 32.5 Å². The van der Waals surface area contributed by atoms with E-state index in [2.05, 4.69) is 0 Å². The molecular weight excluding hydrogens is 346 g/mol. The third-order valence-corrected chi connectivity index (χ3v) is 4.26. The SMILES string of the molecule is CC(C)(C)OC(=O)N1CC(C(F)C(=O)N2CCOc3cc(F)ccc32)C1. The number of amides is 2. The van der Waals surface area contributed by atoms with Crippen LogP contribution in [0.5, 0.6) is 5.75 Å². The van der Waals surface area contributed by atoms with Crippen LogP contribution in [0, 0.1) is 11.7 Å². The number of fused-ring (bicyclic) bond motifs is 1. The fourth-order valence-electron chi connectivity index (χ4n) is 2.95. The molecule has 1 aromatic carbocycles. The molecule has 1 unspecified atom stereocenters. The van der Waals surface area contributed by atoms with Crippen molar-refractivity contribution >= 4 is 17.7 Å². The van der Waals surface area contributed by atoms with Crippen molar-refractivity contribution < 1.29 is 27.8 Å². The zero-order chi connectivity index (χ0) is 19.1. The van der Waals surface area contributed by atoms with Gasteiger partial charge in [-0.25, -0.2) is 13.6 Å². The van der Waals surface area contributed by atoms with Crippen molar-refractivity contribution in [3.05, 3.63) is 24.0 Å². The summed E-state index contributed by atoms with van der Waals surface area (Å²) in [5.74, 6) is -1.54. The number of carbonyl (C=O) groups is 2. The van der Waals surface area contributed by atoms with Gasteiger partial charge in [0.1, 0.15) is 23.8 Å². The van der Waals surface area contributed by atoms with E-state index in [1.807, 2.05) is 0 Å². The maximum absolute atomic E-state index is 14.7. The van der Waals surface area contributed by atoms with Crippen LogP contribution in [0.1, 0.15) is 20.8 Å². The molecule has 1 aromatic rings. The van der Waals surface area contributed by atoms with Gasteiger partial charge in [-0.2, -0.15) is 0 Å². The van der Waals surface area contributed by atoms with E-state index in [-0.39, 0.29) is 32.0 Å². The molecular formula is C18H22F2N2O4. The average Bonchev–Trinajstić information content (AvgIpc) is 2.50. The molecule has 0 spiro atoms. The molecule has 1 atom stereocenters. The summed E-state index contributed by atoms with van der Waals surface area (Å²) in [5.41, 5.74) is -0.270. The molecule has 2 aliphatic heterocycles. The minimum atomic E-state index is -1.75. The van der Waals surface area contributed by atoms with Gasteiger partial charge in [-0.1, -0.05) is 0 Å². The number of anilines is 1. The van der Waals surface area contributed by atoms with Gasteiger partial charge in [-0.15, -0.1) is 0 Å². The number of nitrogens with zero attached hydrogens (tertiary/aromatic N) is 2. The normalized spacial score (nSPS) is 18.5. The summed E-state index contributed by atoms with van der Waals surface area (Å²) in [6.45, 7) is 5.88. The largest absolute Gasteiger partial charge is 0.489 e. The highest BCUT2D eigenvalue weighted by Gasteiger charge is 2.43. The molecule has 26 heavy (non-hydrogen) atoms. The first kappa shape index (κ1) is 18.4. The van der Waals surface area contributed by atoms with Gasteiger partial charge in [0.25, 0.3) is 5.91 Å². The van der Waals surface area contributed by atoms with Crippen LogP contribution in [0.4, 0.5) is 19.3 Å². The van der Waals surface area contributed by atoms with E-state index in [0.717, 1.165) is 0 Å². The van der Waals surface area contributed by atoms with Gasteiger partial charge in [0.15, 0.2) is 6.17 Å². The van der Waals surface area contributed by atoms with Crippen molar-refractivity contribution in [3.63, 3.8) is 0 Å². The Labute approximate surface area is 150 Å². The van der Waals surface area contributed by atoms with E-state index in [1.165, 1.54) is 28.0 Å². The molecule has 3 rings (SSSR count). The van der Waals surface area contributed by atoms with Crippen LogP contribution in [-0.4, -0.2) is 54.9 Å². The molecule has 0 saturated carbocycles. The molecule has 2 heterocycles. The second kappa shape index (κ2) is 6.74. The molecule has 1 saturated heterocycles. The lowest BCUT2D eigenvalue weighted by molar-refractivity contribution is -0.128. The van der Waals surface area contributed by atoms with Crippen molar-refractivity contribution in [3.8, 4) is 5.75 Å². The van der Waals surface area contributed by atoms with Gasteiger partial charge in [0, 0.05) is 25.1 Å². The summed E-state index contributed by atoms with van der Waals surface area (Å²) < 4.78 is 38.5. The quantitative estimate of drug-likeness (QED) is 0.805. The number of hydrogen-bond donors (Lipinski definition) is 0. The summed E-state index contributed by atoms with van der Waals surface area (Å²) in [6, 6.07) is 3.78. The molecule has 2 amide bonds. The number of benzene rings is 1. The lowest BCUT2D eigenvalue weighted by Crippen LogP contribution is -2.58.